The fourth-order valence-electron chi connectivity index (χ4n) is 3.52. The maximum absolute atomic E-state index is 11.1. The van der Waals surface area contributed by atoms with E-state index in [-0.39, 0.29) is 5.92 Å². The predicted molar refractivity (Wildman–Crippen MR) is 98.5 cm³/mol. The molecule has 2 aliphatic rings. The average molecular weight is 342 g/mol. The number of carboxylic acid groups (broad SMARTS) is 1. The van der Waals surface area contributed by atoms with E-state index in [1.54, 1.807) is 0 Å². The molecule has 0 radical (unpaired) electrons. The molecule has 1 aromatic rings. The van der Waals surface area contributed by atoms with Crippen LogP contribution in [0.15, 0.2) is 41.6 Å². The Labute approximate surface area is 149 Å². The topological polar surface area (TPSA) is 62.1 Å². The third kappa shape index (κ3) is 4.92. The van der Waals surface area contributed by atoms with Gasteiger partial charge in [-0.2, -0.15) is 0 Å². The zero-order chi connectivity index (χ0) is 17.5. The summed E-state index contributed by atoms with van der Waals surface area (Å²) in [5.74, 6) is -0.934. The molecule has 1 saturated heterocycles. The van der Waals surface area contributed by atoms with Crippen LogP contribution in [0.5, 0.6) is 0 Å². The third-order valence-corrected chi connectivity index (χ3v) is 4.89. The minimum absolute atomic E-state index is 0.244. The number of oxime groups is 1. The molecule has 1 aliphatic heterocycles. The molecule has 3 rings (SSSR count). The average Bonchev–Trinajstić information content (AvgIpc) is 2.66. The summed E-state index contributed by atoms with van der Waals surface area (Å²) in [6.07, 6.45) is 7.07. The molecule has 0 aromatic heterocycles. The van der Waals surface area contributed by atoms with Gasteiger partial charge < -0.3 is 9.94 Å². The lowest BCUT2D eigenvalue weighted by molar-refractivity contribution is -0.143. The van der Waals surface area contributed by atoms with Crippen LogP contribution < -0.4 is 0 Å². The summed E-state index contributed by atoms with van der Waals surface area (Å²) < 4.78 is 0. The lowest BCUT2D eigenvalue weighted by atomic mass is 9.92. The second kappa shape index (κ2) is 8.81. The fraction of sp³-hybridized carbons (Fsp3) is 0.500. The molecule has 0 spiro atoms. The van der Waals surface area contributed by atoms with Crippen LogP contribution in [0.3, 0.4) is 0 Å². The molecule has 0 unspecified atom stereocenters. The minimum Gasteiger partial charge on any atom is -0.481 e. The quantitative estimate of drug-likeness (QED) is 0.635. The summed E-state index contributed by atoms with van der Waals surface area (Å²) in [7, 11) is 0. The van der Waals surface area contributed by atoms with E-state index in [0.29, 0.717) is 13.2 Å². The normalized spacial score (nSPS) is 23.3. The Morgan fingerprint density at radius 3 is 2.92 bits per heavy atom. The zero-order valence-electron chi connectivity index (χ0n) is 14.6. The number of nitrogens with zero attached hydrogens (tertiary/aromatic N) is 2. The number of aliphatic carboxylic acids is 1. The molecular formula is C20H26N2O3. The van der Waals surface area contributed by atoms with E-state index in [2.05, 4.69) is 28.3 Å². The van der Waals surface area contributed by atoms with Gasteiger partial charge in [0.05, 0.1) is 11.6 Å². The van der Waals surface area contributed by atoms with Gasteiger partial charge in [-0.3, -0.25) is 9.69 Å². The summed E-state index contributed by atoms with van der Waals surface area (Å²) in [6.45, 7) is 2.78. The van der Waals surface area contributed by atoms with Crippen LogP contribution in [0.2, 0.25) is 0 Å². The monoisotopic (exact) mass is 342 g/mol. The molecule has 134 valence electrons. The Kier molecular flexibility index (Phi) is 6.23. The summed E-state index contributed by atoms with van der Waals surface area (Å²) in [4.78, 5) is 18.9. The first kappa shape index (κ1) is 17.7. The molecule has 1 atom stereocenters. The molecule has 1 aliphatic carbocycles. The number of carbonyl (C=O) groups is 1. The van der Waals surface area contributed by atoms with Crippen molar-refractivity contribution in [3.05, 3.63) is 42.0 Å². The van der Waals surface area contributed by atoms with E-state index in [1.165, 1.54) is 11.1 Å². The van der Waals surface area contributed by atoms with Gasteiger partial charge in [0.1, 0.15) is 6.61 Å². The highest BCUT2D eigenvalue weighted by molar-refractivity contribution is 6.24. The van der Waals surface area contributed by atoms with Gasteiger partial charge in [0, 0.05) is 18.7 Å². The zero-order valence-corrected chi connectivity index (χ0v) is 14.6. The highest BCUT2D eigenvalue weighted by atomic mass is 16.6. The van der Waals surface area contributed by atoms with Gasteiger partial charge in [0.25, 0.3) is 0 Å². The van der Waals surface area contributed by atoms with E-state index < -0.39 is 5.97 Å². The number of rotatable bonds is 6. The van der Waals surface area contributed by atoms with Crippen molar-refractivity contribution >= 4 is 17.3 Å². The van der Waals surface area contributed by atoms with Crippen molar-refractivity contribution < 1.29 is 14.7 Å². The van der Waals surface area contributed by atoms with Gasteiger partial charge in [-0.1, -0.05) is 41.6 Å². The van der Waals surface area contributed by atoms with Gasteiger partial charge in [0.2, 0.25) is 0 Å². The van der Waals surface area contributed by atoms with E-state index in [1.807, 2.05) is 18.2 Å². The van der Waals surface area contributed by atoms with Crippen LogP contribution in [0.1, 0.15) is 37.7 Å². The molecule has 1 N–H and O–H groups in total. The smallest absolute Gasteiger partial charge is 0.307 e. The Morgan fingerprint density at radius 2 is 2.12 bits per heavy atom. The molecule has 0 amide bonds. The number of allylic oxidation sites excluding steroid dienone is 2. The van der Waals surface area contributed by atoms with Crippen molar-refractivity contribution in [1.29, 1.82) is 0 Å². The van der Waals surface area contributed by atoms with Gasteiger partial charge in [-0.15, -0.1) is 0 Å². The number of likely N-dealkylation sites (tertiary alicyclic amines) is 1. The van der Waals surface area contributed by atoms with Crippen LogP contribution in [-0.2, 0) is 9.63 Å². The van der Waals surface area contributed by atoms with Gasteiger partial charge in [-0.05, 0) is 44.2 Å². The molecule has 0 bridgehead atoms. The first-order chi connectivity index (χ1) is 12.2. The van der Waals surface area contributed by atoms with Crippen molar-refractivity contribution in [1.82, 2.24) is 4.90 Å². The van der Waals surface area contributed by atoms with Crippen molar-refractivity contribution in [3.8, 4) is 0 Å². The summed E-state index contributed by atoms with van der Waals surface area (Å²) >= 11 is 0. The van der Waals surface area contributed by atoms with Gasteiger partial charge in [-0.25, -0.2) is 0 Å². The fourth-order valence-corrected chi connectivity index (χ4v) is 3.52. The van der Waals surface area contributed by atoms with Crippen LogP contribution in [0.25, 0.3) is 5.57 Å². The Morgan fingerprint density at radius 1 is 1.28 bits per heavy atom. The molecule has 1 fully saturated rings. The number of hydrogen-bond acceptors (Lipinski definition) is 4. The SMILES string of the molecule is O=C(O)[C@@H]1CCCN(CCO/N=C2\CCCC=C2c2ccccc2)C1. The lowest BCUT2D eigenvalue weighted by Gasteiger charge is -2.30. The maximum atomic E-state index is 11.1. The second-order valence-electron chi connectivity index (χ2n) is 6.73. The number of benzene rings is 1. The molecule has 1 aromatic carbocycles. The van der Waals surface area contributed by atoms with Crippen LogP contribution in [0, 0.1) is 5.92 Å². The van der Waals surface area contributed by atoms with Crippen LogP contribution in [0.4, 0.5) is 0 Å². The Balaban J connectivity index is 1.52. The second-order valence-corrected chi connectivity index (χ2v) is 6.73. The van der Waals surface area contributed by atoms with Crippen LogP contribution >= 0.6 is 0 Å². The first-order valence-electron chi connectivity index (χ1n) is 9.14. The third-order valence-electron chi connectivity index (χ3n) is 4.89. The summed E-state index contributed by atoms with van der Waals surface area (Å²) in [5.41, 5.74) is 3.38. The van der Waals surface area contributed by atoms with Crippen molar-refractivity contribution in [3.63, 3.8) is 0 Å². The Bertz CT molecular complexity index is 640. The van der Waals surface area contributed by atoms with E-state index >= 15 is 0 Å². The molecule has 1 heterocycles. The molecule has 5 nitrogen and oxygen atoms in total. The van der Waals surface area contributed by atoms with E-state index in [9.17, 15) is 4.79 Å². The number of piperidine rings is 1. The highest BCUT2D eigenvalue weighted by Crippen LogP contribution is 2.25. The van der Waals surface area contributed by atoms with Gasteiger partial charge >= 0.3 is 5.97 Å². The highest BCUT2D eigenvalue weighted by Gasteiger charge is 2.25. The molecule has 0 saturated carbocycles. The lowest BCUT2D eigenvalue weighted by Crippen LogP contribution is -2.40. The van der Waals surface area contributed by atoms with Crippen LogP contribution in [-0.4, -0.2) is 47.9 Å². The molecule has 5 heteroatoms. The van der Waals surface area contributed by atoms with Gasteiger partial charge in [0.15, 0.2) is 0 Å². The van der Waals surface area contributed by atoms with Crippen molar-refractivity contribution in [2.75, 3.05) is 26.2 Å². The minimum atomic E-state index is -0.689. The predicted octanol–water partition coefficient (Wildman–Crippen LogP) is 3.42. The van der Waals surface area contributed by atoms with Crippen molar-refractivity contribution in [2.45, 2.75) is 32.1 Å². The molecule has 25 heavy (non-hydrogen) atoms. The Hall–Kier alpha value is -2.14. The first-order valence-corrected chi connectivity index (χ1v) is 9.14. The number of carboxylic acids is 1. The maximum Gasteiger partial charge on any atom is 0.307 e. The standard InChI is InChI=1S/C20H26N2O3/c23-20(24)17-9-6-12-22(15-17)13-14-25-21-19-11-5-4-10-18(19)16-7-2-1-3-8-16/h1-3,7-8,10,17H,4-6,9,11-15H2,(H,23,24)/b21-19+/t17-/m1/s1. The van der Waals surface area contributed by atoms with Crippen molar-refractivity contribution in [2.24, 2.45) is 11.1 Å². The largest absolute Gasteiger partial charge is 0.481 e. The summed E-state index contributed by atoms with van der Waals surface area (Å²) in [6, 6.07) is 10.3. The van der Waals surface area contributed by atoms with E-state index in [0.717, 1.165) is 50.9 Å². The number of hydrogen-bond donors (Lipinski definition) is 1. The van der Waals surface area contributed by atoms with E-state index in [4.69, 9.17) is 9.94 Å². The summed E-state index contributed by atoms with van der Waals surface area (Å²) in [5, 5.41) is 13.5. The molecular weight excluding hydrogens is 316 g/mol.